The van der Waals surface area contributed by atoms with E-state index in [1.54, 1.807) is 22.7 Å². The maximum Gasteiger partial charge on any atom is 0.185 e. The van der Waals surface area contributed by atoms with E-state index in [1.807, 2.05) is 12.1 Å². The van der Waals surface area contributed by atoms with Gasteiger partial charge < -0.3 is 0 Å². The Morgan fingerprint density at radius 1 is 1.06 bits per heavy atom. The number of aromatic nitrogens is 4. The van der Waals surface area contributed by atoms with Crippen LogP contribution < -0.4 is 0 Å². The third-order valence-electron chi connectivity index (χ3n) is 2.41. The third kappa shape index (κ3) is 1.98. The normalized spacial score (nSPS) is 11.1. The topological polar surface area (TPSA) is 43.1 Å². The van der Waals surface area contributed by atoms with E-state index < -0.39 is 0 Å². The van der Waals surface area contributed by atoms with E-state index in [2.05, 4.69) is 31.2 Å². The molecule has 0 aliphatic rings. The molecule has 7 heteroatoms. The lowest BCUT2D eigenvalue weighted by Gasteiger charge is -2.01. The van der Waals surface area contributed by atoms with E-state index in [-0.39, 0.29) is 0 Å². The molecule has 18 heavy (non-hydrogen) atoms. The quantitative estimate of drug-likeness (QED) is 0.673. The number of benzene rings is 1. The van der Waals surface area contributed by atoms with E-state index in [0.29, 0.717) is 21.6 Å². The summed E-state index contributed by atoms with van der Waals surface area (Å²) in [6, 6.07) is 8.96. The van der Waals surface area contributed by atoms with E-state index >= 15 is 0 Å². The number of hydrogen-bond donors (Lipinski definition) is 0. The minimum Gasteiger partial charge on any atom is -0.191 e. The number of fused-ring (bicyclic) bond motifs is 1. The Balaban J connectivity index is 2.24. The Hall–Kier alpha value is -1.17. The highest BCUT2D eigenvalue weighted by molar-refractivity contribution is 9.10. The fourth-order valence-electron chi connectivity index (χ4n) is 1.58. The molecule has 0 saturated heterocycles. The molecule has 0 aliphatic carbocycles. The van der Waals surface area contributed by atoms with E-state index in [0.717, 1.165) is 10.0 Å². The number of halogens is 3. The highest BCUT2D eigenvalue weighted by atomic mass is 79.9. The average molecular weight is 344 g/mol. The average Bonchev–Trinajstić information content (AvgIpc) is 2.75. The van der Waals surface area contributed by atoms with E-state index in [4.69, 9.17) is 23.2 Å². The minimum absolute atomic E-state index is 0.381. The Kier molecular flexibility index (Phi) is 2.97. The lowest BCUT2D eigenvalue weighted by Crippen LogP contribution is -1.94. The lowest BCUT2D eigenvalue weighted by atomic mass is 10.2. The first-order chi connectivity index (χ1) is 8.65. The van der Waals surface area contributed by atoms with Crippen molar-refractivity contribution in [3.63, 3.8) is 0 Å². The summed E-state index contributed by atoms with van der Waals surface area (Å²) in [6.07, 6.45) is 0. The van der Waals surface area contributed by atoms with Crippen LogP contribution in [0, 0.1) is 0 Å². The summed E-state index contributed by atoms with van der Waals surface area (Å²) in [6.45, 7) is 0. The van der Waals surface area contributed by atoms with Gasteiger partial charge in [-0.3, -0.25) is 0 Å². The summed E-state index contributed by atoms with van der Waals surface area (Å²) in [7, 11) is 0. The van der Waals surface area contributed by atoms with Crippen LogP contribution in [0.1, 0.15) is 0 Å². The molecule has 4 nitrogen and oxygen atoms in total. The monoisotopic (exact) mass is 342 g/mol. The van der Waals surface area contributed by atoms with Gasteiger partial charge in [0, 0.05) is 10.0 Å². The van der Waals surface area contributed by atoms with Crippen LogP contribution in [0.4, 0.5) is 0 Å². The Morgan fingerprint density at radius 3 is 2.67 bits per heavy atom. The Labute approximate surface area is 121 Å². The van der Waals surface area contributed by atoms with Gasteiger partial charge in [0.2, 0.25) is 0 Å². The molecule has 3 aromatic rings. The molecule has 2 heterocycles. The van der Waals surface area contributed by atoms with Crippen molar-refractivity contribution in [3.05, 3.63) is 45.0 Å². The third-order valence-corrected chi connectivity index (χ3v) is 3.84. The van der Waals surface area contributed by atoms with Crippen LogP contribution >= 0.6 is 39.1 Å². The van der Waals surface area contributed by atoms with Crippen molar-refractivity contribution in [2.45, 2.75) is 0 Å². The maximum atomic E-state index is 6.06. The second-order valence-electron chi connectivity index (χ2n) is 3.58. The molecular weight excluding hydrogens is 339 g/mol. The van der Waals surface area contributed by atoms with Gasteiger partial charge in [0.25, 0.3) is 0 Å². The van der Waals surface area contributed by atoms with Crippen molar-refractivity contribution in [1.82, 2.24) is 19.8 Å². The summed E-state index contributed by atoms with van der Waals surface area (Å²) in [4.78, 5) is 0. The molecule has 0 fully saturated rings. The molecular formula is C11H5BrCl2N4. The summed E-state index contributed by atoms with van der Waals surface area (Å²) < 4.78 is 2.41. The zero-order valence-electron chi connectivity index (χ0n) is 8.81. The molecule has 0 saturated carbocycles. The summed E-state index contributed by atoms with van der Waals surface area (Å²) >= 11 is 15.3. The molecule has 0 aliphatic heterocycles. The summed E-state index contributed by atoms with van der Waals surface area (Å²) in [5.74, 6) is 0.599. The fourth-order valence-corrected chi connectivity index (χ4v) is 2.15. The van der Waals surface area contributed by atoms with Gasteiger partial charge in [-0.15, -0.1) is 10.2 Å². The second-order valence-corrected chi connectivity index (χ2v) is 5.23. The first-order valence-electron chi connectivity index (χ1n) is 4.98. The van der Waals surface area contributed by atoms with Crippen molar-refractivity contribution in [1.29, 1.82) is 0 Å². The Morgan fingerprint density at radius 2 is 1.89 bits per heavy atom. The Bertz CT molecular complexity index is 741. The van der Waals surface area contributed by atoms with Crippen LogP contribution in [0.25, 0.3) is 17.0 Å². The zero-order chi connectivity index (χ0) is 12.7. The molecule has 0 unspecified atom stereocenters. The molecule has 0 bridgehead atoms. The maximum absolute atomic E-state index is 6.06. The summed E-state index contributed by atoms with van der Waals surface area (Å²) in [5, 5.41) is 13.3. The molecule has 0 N–H and O–H groups in total. The molecule has 0 amide bonds. The van der Waals surface area contributed by atoms with Gasteiger partial charge in [-0.25, -0.2) is 0 Å². The molecule has 0 radical (unpaired) electrons. The molecule has 1 aromatic carbocycles. The van der Waals surface area contributed by atoms with Gasteiger partial charge in [0.05, 0.1) is 5.02 Å². The molecule has 2 aromatic heterocycles. The highest BCUT2D eigenvalue weighted by Crippen LogP contribution is 2.28. The minimum atomic E-state index is 0.381. The van der Waals surface area contributed by atoms with E-state index in [9.17, 15) is 0 Å². The van der Waals surface area contributed by atoms with Crippen LogP contribution in [0.2, 0.25) is 10.2 Å². The number of hydrogen-bond acceptors (Lipinski definition) is 3. The lowest BCUT2D eigenvalue weighted by molar-refractivity contribution is 0.936. The van der Waals surface area contributed by atoms with E-state index in [1.165, 1.54) is 0 Å². The first kappa shape index (κ1) is 11.9. The fraction of sp³-hybridized carbons (Fsp3) is 0. The first-order valence-corrected chi connectivity index (χ1v) is 6.53. The standard InChI is InChI=1S/C11H5BrCl2N4/c12-7-2-1-6(5-8(7)13)11-16-15-10-4-3-9(14)17-18(10)11/h1-5H. The number of nitrogens with zero attached hydrogens (tertiary/aromatic N) is 4. The molecule has 0 atom stereocenters. The SMILES string of the molecule is Clc1ccc2nnc(-c3ccc(Br)c(Cl)c3)n2n1. The highest BCUT2D eigenvalue weighted by Gasteiger charge is 2.10. The predicted octanol–water partition coefficient (Wildman–Crippen LogP) is 3.86. The largest absolute Gasteiger partial charge is 0.191 e. The van der Waals surface area contributed by atoms with Crippen molar-refractivity contribution in [3.8, 4) is 11.4 Å². The van der Waals surface area contributed by atoms with Crippen LogP contribution in [0.15, 0.2) is 34.8 Å². The van der Waals surface area contributed by atoms with Gasteiger partial charge in [0.1, 0.15) is 5.15 Å². The second kappa shape index (κ2) is 4.50. The molecule has 3 rings (SSSR count). The van der Waals surface area contributed by atoms with Crippen molar-refractivity contribution >= 4 is 44.8 Å². The molecule has 90 valence electrons. The van der Waals surface area contributed by atoms with Gasteiger partial charge in [0.15, 0.2) is 11.5 Å². The zero-order valence-corrected chi connectivity index (χ0v) is 11.9. The number of rotatable bonds is 1. The van der Waals surface area contributed by atoms with Crippen molar-refractivity contribution in [2.24, 2.45) is 0 Å². The van der Waals surface area contributed by atoms with Crippen molar-refractivity contribution < 1.29 is 0 Å². The van der Waals surface area contributed by atoms with Crippen molar-refractivity contribution in [2.75, 3.05) is 0 Å². The molecule has 0 spiro atoms. The predicted molar refractivity (Wildman–Crippen MR) is 73.9 cm³/mol. The van der Waals surface area contributed by atoms with Gasteiger partial charge >= 0.3 is 0 Å². The van der Waals surface area contributed by atoms with Gasteiger partial charge in [-0.1, -0.05) is 23.2 Å². The summed E-state index contributed by atoms with van der Waals surface area (Å²) in [5.41, 5.74) is 1.46. The van der Waals surface area contributed by atoms with Crippen LogP contribution in [-0.2, 0) is 0 Å². The van der Waals surface area contributed by atoms with Gasteiger partial charge in [-0.05, 0) is 46.3 Å². The van der Waals surface area contributed by atoms with Crippen LogP contribution in [-0.4, -0.2) is 19.8 Å². The van der Waals surface area contributed by atoms with Crippen LogP contribution in [0.3, 0.4) is 0 Å². The van der Waals surface area contributed by atoms with Crippen LogP contribution in [0.5, 0.6) is 0 Å². The van der Waals surface area contributed by atoms with Gasteiger partial charge in [-0.2, -0.15) is 9.61 Å². The smallest absolute Gasteiger partial charge is 0.185 e.